The van der Waals surface area contributed by atoms with Crippen LogP contribution in [0.4, 0.5) is 14.6 Å². The molecule has 0 radical (unpaired) electrons. The number of anilines is 1. The highest BCUT2D eigenvalue weighted by Crippen LogP contribution is 2.39. The van der Waals surface area contributed by atoms with Crippen LogP contribution in [0, 0.1) is 11.6 Å². The van der Waals surface area contributed by atoms with Crippen molar-refractivity contribution in [1.29, 1.82) is 0 Å². The van der Waals surface area contributed by atoms with Crippen LogP contribution < -0.4 is 4.90 Å². The highest BCUT2D eigenvalue weighted by atomic mass is 19.1. The van der Waals surface area contributed by atoms with Gasteiger partial charge in [-0.15, -0.1) is 0 Å². The predicted octanol–water partition coefficient (Wildman–Crippen LogP) is 4.63. The molecule has 0 amide bonds. The van der Waals surface area contributed by atoms with Crippen molar-refractivity contribution in [3.63, 3.8) is 0 Å². The number of halogens is 2. The Morgan fingerprint density at radius 2 is 2.00 bits per heavy atom. The zero-order valence-electron chi connectivity index (χ0n) is 21.5. The molecule has 1 fully saturated rings. The first-order valence-corrected chi connectivity index (χ1v) is 12.5. The lowest BCUT2D eigenvalue weighted by Crippen LogP contribution is -2.38. The molecular formula is C28H28F2N4O4. The standard InChI is InChI=1S/C28H28F2N4O4/c1-5-17-20(29)7-6-14-8-15(35)9-18(22(14)17)24-23(30)25-19(11-31-24)27(33-26(32-25)13(2)3)34-12-16(36)10-21(34)28(37)38-4/h6-9,11,13,16,21,35-36H,5,10,12H2,1-4H3/t16-,21+/m1/s1. The number of aliphatic hydroxyl groups is 1. The molecule has 2 atom stereocenters. The van der Waals surface area contributed by atoms with Crippen LogP contribution in [0.1, 0.15) is 44.5 Å². The van der Waals surface area contributed by atoms with Crippen LogP contribution in [0.15, 0.2) is 30.5 Å². The minimum Gasteiger partial charge on any atom is -0.508 e. The molecule has 0 spiro atoms. The Morgan fingerprint density at radius 1 is 1.24 bits per heavy atom. The summed E-state index contributed by atoms with van der Waals surface area (Å²) in [7, 11) is 1.27. The molecule has 1 aliphatic rings. The lowest BCUT2D eigenvalue weighted by Gasteiger charge is -2.25. The predicted molar refractivity (Wildman–Crippen MR) is 139 cm³/mol. The van der Waals surface area contributed by atoms with Gasteiger partial charge in [-0.1, -0.05) is 26.8 Å². The second kappa shape index (κ2) is 9.75. The van der Waals surface area contributed by atoms with Gasteiger partial charge < -0.3 is 19.8 Å². The van der Waals surface area contributed by atoms with Crippen molar-refractivity contribution >= 4 is 33.5 Å². The Bertz CT molecular complexity index is 1580. The quantitative estimate of drug-likeness (QED) is 0.366. The number of phenols is 1. The number of aliphatic hydroxyl groups excluding tert-OH is 1. The SMILES string of the molecule is CCc1c(F)ccc2cc(O)cc(-c3ncc4c(N5C[C@H](O)C[C@H]5C(=O)OC)nc(C(C)C)nc4c3F)c12. The molecule has 1 saturated heterocycles. The molecule has 198 valence electrons. The molecule has 0 bridgehead atoms. The van der Waals surface area contributed by atoms with Gasteiger partial charge in [0.1, 0.15) is 40.5 Å². The van der Waals surface area contributed by atoms with Crippen LogP contribution in [0.5, 0.6) is 5.75 Å². The van der Waals surface area contributed by atoms with Crippen molar-refractivity contribution in [2.45, 2.75) is 51.7 Å². The van der Waals surface area contributed by atoms with E-state index in [2.05, 4.69) is 15.0 Å². The summed E-state index contributed by atoms with van der Waals surface area (Å²) in [6.45, 7) is 5.62. The summed E-state index contributed by atoms with van der Waals surface area (Å²) in [5.74, 6) is -1.41. The zero-order valence-corrected chi connectivity index (χ0v) is 21.5. The molecule has 0 saturated carbocycles. The molecule has 4 aromatic rings. The van der Waals surface area contributed by atoms with E-state index in [9.17, 15) is 19.4 Å². The number of hydrogen-bond acceptors (Lipinski definition) is 8. The maximum Gasteiger partial charge on any atom is 0.328 e. The first-order valence-electron chi connectivity index (χ1n) is 12.5. The van der Waals surface area contributed by atoms with E-state index in [1.54, 1.807) is 11.8 Å². The molecule has 38 heavy (non-hydrogen) atoms. The van der Waals surface area contributed by atoms with E-state index in [-0.39, 0.29) is 52.6 Å². The Hall–Kier alpha value is -3.92. The van der Waals surface area contributed by atoms with Crippen molar-refractivity contribution in [2.75, 3.05) is 18.6 Å². The Balaban J connectivity index is 1.80. The Labute approximate surface area is 217 Å². The summed E-state index contributed by atoms with van der Waals surface area (Å²) < 4.78 is 36.0. The molecule has 5 rings (SSSR count). The molecule has 2 aromatic heterocycles. The lowest BCUT2D eigenvalue weighted by atomic mass is 9.94. The van der Waals surface area contributed by atoms with E-state index < -0.39 is 29.7 Å². The van der Waals surface area contributed by atoms with E-state index >= 15 is 4.39 Å². The number of carbonyl (C=O) groups excluding carboxylic acids is 1. The summed E-state index contributed by atoms with van der Waals surface area (Å²) in [5, 5.41) is 22.0. The number of phenolic OH excluding ortho intramolecular Hbond substituents is 1. The van der Waals surface area contributed by atoms with Gasteiger partial charge in [0.2, 0.25) is 0 Å². The highest BCUT2D eigenvalue weighted by molar-refractivity contribution is 6.02. The highest BCUT2D eigenvalue weighted by Gasteiger charge is 2.39. The zero-order chi connectivity index (χ0) is 27.3. The largest absolute Gasteiger partial charge is 0.508 e. The van der Waals surface area contributed by atoms with Crippen molar-refractivity contribution < 1.29 is 28.5 Å². The van der Waals surface area contributed by atoms with Crippen molar-refractivity contribution in [3.8, 4) is 17.0 Å². The molecule has 8 nitrogen and oxygen atoms in total. The number of aromatic nitrogens is 3. The maximum atomic E-state index is 16.4. The number of rotatable bonds is 5. The smallest absolute Gasteiger partial charge is 0.328 e. The Kier molecular flexibility index (Phi) is 6.60. The molecule has 2 aromatic carbocycles. The number of aryl methyl sites for hydroxylation is 1. The normalized spacial score (nSPS) is 17.6. The number of pyridine rings is 1. The summed E-state index contributed by atoms with van der Waals surface area (Å²) in [6, 6.07) is 4.92. The number of ether oxygens (including phenoxy) is 1. The van der Waals surface area contributed by atoms with Gasteiger partial charge >= 0.3 is 5.97 Å². The van der Waals surface area contributed by atoms with E-state index in [4.69, 9.17) is 4.74 Å². The van der Waals surface area contributed by atoms with E-state index in [0.29, 0.717) is 28.6 Å². The molecular weight excluding hydrogens is 494 g/mol. The van der Waals surface area contributed by atoms with E-state index in [1.807, 2.05) is 13.8 Å². The lowest BCUT2D eigenvalue weighted by molar-refractivity contribution is -0.142. The van der Waals surface area contributed by atoms with Crippen LogP contribution >= 0.6 is 0 Å². The van der Waals surface area contributed by atoms with Crippen LogP contribution in [-0.4, -0.2) is 56.9 Å². The molecule has 2 N–H and O–H groups in total. The summed E-state index contributed by atoms with van der Waals surface area (Å²) in [5.41, 5.74) is 0.506. The second-order valence-corrected chi connectivity index (χ2v) is 9.79. The van der Waals surface area contributed by atoms with Crippen molar-refractivity contribution in [2.24, 2.45) is 0 Å². The van der Waals surface area contributed by atoms with Gasteiger partial charge in [-0.2, -0.15) is 0 Å². The maximum absolute atomic E-state index is 16.4. The number of fused-ring (bicyclic) bond motifs is 2. The average Bonchev–Trinajstić information content (AvgIpc) is 3.29. The Morgan fingerprint density at radius 3 is 2.68 bits per heavy atom. The average molecular weight is 523 g/mol. The third kappa shape index (κ3) is 4.18. The fraction of sp³-hybridized carbons (Fsp3) is 0.357. The minimum absolute atomic E-state index is 0.0281. The van der Waals surface area contributed by atoms with Gasteiger partial charge in [0.05, 0.1) is 18.6 Å². The summed E-state index contributed by atoms with van der Waals surface area (Å²) in [4.78, 5) is 27.6. The van der Waals surface area contributed by atoms with Gasteiger partial charge in [0.15, 0.2) is 5.82 Å². The number of carbonyl (C=O) groups is 1. The monoisotopic (exact) mass is 522 g/mol. The number of nitrogens with zero attached hydrogens (tertiary/aromatic N) is 4. The molecule has 10 heteroatoms. The van der Waals surface area contributed by atoms with Crippen molar-refractivity contribution in [1.82, 2.24) is 15.0 Å². The summed E-state index contributed by atoms with van der Waals surface area (Å²) in [6.07, 6.45) is 1.10. The number of benzene rings is 2. The number of methoxy groups -OCH3 is 1. The fourth-order valence-corrected chi connectivity index (χ4v) is 5.16. The first kappa shape index (κ1) is 25.7. The number of esters is 1. The van der Waals surface area contributed by atoms with Gasteiger partial charge in [-0.05, 0) is 41.0 Å². The molecule has 0 unspecified atom stereocenters. The van der Waals surface area contributed by atoms with Crippen LogP contribution in [0.3, 0.4) is 0 Å². The van der Waals surface area contributed by atoms with Crippen LogP contribution in [0.2, 0.25) is 0 Å². The molecule has 3 heterocycles. The number of aromatic hydroxyl groups is 1. The van der Waals surface area contributed by atoms with Gasteiger partial charge in [0.25, 0.3) is 0 Å². The second-order valence-electron chi connectivity index (χ2n) is 9.79. The molecule has 0 aliphatic carbocycles. The fourth-order valence-electron chi connectivity index (χ4n) is 5.16. The third-order valence-electron chi connectivity index (χ3n) is 6.98. The van der Waals surface area contributed by atoms with E-state index in [0.717, 1.165) is 0 Å². The van der Waals surface area contributed by atoms with Crippen LogP contribution in [-0.2, 0) is 16.0 Å². The van der Waals surface area contributed by atoms with Gasteiger partial charge in [0, 0.05) is 30.6 Å². The van der Waals surface area contributed by atoms with Crippen LogP contribution in [0.25, 0.3) is 32.9 Å². The number of β-amino-alcohol motifs (C(OH)–C–C–N with tert-alkyl or cyclic N) is 1. The number of hydrogen-bond donors (Lipinski definition) is 2. The molecule has 1 aliphatic heterocycles. The van der Waals surface area contributed by atoms with Gasteiger partial charge in [-0.3, -0.25) is 4.98 Å². The van der Waals surface area contributed by atoms with Gasteiger partial charge in [-0.25, -0.2) is 23.5 Å². The first-order chi connectivity index (χ1) is 18.1. The minimum atomic E-state index is -0.805. The summed E-state index contributed by atoms with van der Waals surface area (Å²) >= 11 is 0. The third-order valence-corrected chi connectivity index (χ3v) is 6.98. The van der Waals surface area contributed by atoms with E-state index in [1.165, 1.54) is 37.6 Å². The van der Waals surface area contributed by atoms with Crippen molar-refractivity contribution in [3.05, 3.63) is 53.5 Å². The topological polar surface area (TPSA) is 109 Å².